The lowest BCUT2D eigenvalue weighted by Gasteiger charge is -2.16. The third kappa shape index (κ3) is 4.19. The van der Waals surface area contributed by atoms with Crippen LogP contribution >= 0.6 is 11.3 Å². The monoisotopic (exact) mass is 466 g/mol. The van der Waals surface area contributed by atoms with Gasteiger partial charge in [0.1, 0.15) is 23.1 Å². The number of anilines is 2. The Morgan fingerprint density at radius 3 is 2.41 bits per heavy atom. The summed E-state index contributed by atoms with van der Waals surface area (Å²) in [4.78, 5) is 27.0. The second kappa shape index (κ2) is 8.08. The first kappa shape index (κ1) is 21.5. The summed E-state index contributed by atoms with van der Waals surface area (Å²) < 4.78 is 69.5. The van der Waals surface area contributed by atoms with Crippen LogP contribution in [-0.4, -0.2) is 18.2 Å². The number of carbonyl (C=O) groups excluding carboxylic acids is 2. The normalized spacial score (nSPS) is 14.3. The second-order valence-electron chi connectivity index (χ2n) is 6.47. The van der Waals surface area contributed by atoms with Gasteiger partial charge in [-0.25, -0.2) is 13.7 Å². The zero-order valence-corrected chi connectivity index (χ0v) is 16.6. The summed E-state index contributed by atoms with van der Waals surface area (Å²) in [5.74, 6) is -4.32. The van der Waals surface area contributed by atoms with Gasteiger partial charge in [0.2, 0.25) is 0 Å². The first-order valence-corrected chi connectivity index (χ1v) is 9.77. The highest BCUT2D eigenvalue weighted by Crippen LogP contribution is 2.37. The lowest BCUT2D eigenvalue weighted by Crippen LogP contribution is -2.33. The predicted octanol–water partition coefficient (Wildman–Crippen LogP) is 5.32. The molecule has 1 aromatic heterocycles. The average Bonchev–Trinajstić information content (AvgIpc) is 3.30. The standard InChI is InChI=1S/C21H11F5N2O3S/c22-11-6-7-14(23)15(9-11)28-19(29)17(16-5-2-8-32-16)18(20(28)30)27-12-3-1-4-13(10-12)31-21(24,25)26/h1-10,27H. The third-order valence-electron chi connectivity index (χ3n) is 4.34. The molecule has 0 unspecified atom stereocenters. The minimum Gasteiger partial charge on any atom is -0.406 e. The van der Waals surface area contributed by atoms with Crippen LogP contribution in [0, 0.1) is 11.6 Å². The van der Waals surface area contributed by atoms with Crippen molar-refractivity contribution in [2.24, 2.45) is 0 Å². The van der Waals surface area contributed by atoms with Crippen molar-refractivity contribution in [2.75, 3.05) is 10.2 Å². The molecule has 3 aromatic rings. The van der Waals surface area contributed by atoms with E-state index in [0.29, 0.717) is 15.8 Å². The van der Waals surface area contributed by atoms with Crippen LogP contribution in [0.5, 0.6) is 5.75 Å². The number of benzene rings is 2. The Balaban J connectivity index is 1.76. The van der Waals surface area contributed by atoms with Crippen molar-refractivity contribution in [3.05, 3.63) is 82.2 Å². The van der Waals surface area contributed by atoms with Crippen LogP contribution in [0.3, 0.4) is 0 Å². The van der Waals surface area contributed by atoms with Crippen LogP contribution in [0.2, 0.25) is 0 Å². The summed E-state index contributed by atoms with van der Waals surface area (Å²) in [5, 5.41) is 4.27. The number of thiophene rings is 1. The number of ether oxygens (including phenoxy) is 1. The molecule has 0 fully saturated rings. The molecule has 0 radical (unpaired) electrons. The summed E-state index contributed by atoms with van der Waals surface area (Å²) >= 11 is 1.12. The van der Waals surface area contributed by atoms with Crippen molar-refractivity contribution in [2.45, 2.75) is 6.36 Å². The van der Waals surface area contributed by atoms with Crippen molar-refractivity contribution in [3.8, 4) is 5.75 Å². The van der Waals surface area contributed by atoms with E-state index in [1.165, 1.54) is 12.1 Å². The van der Waals surface area contributed by atoms with E-state index >= 15 is 0 Å². The number of amides is 2. The molecule has 0 saturated heterocycles. The van der Waals surface area contributed by atoms with Crippen molar-refractivity contribution in [3.63, 3.8) is 0 Å². The number of halogens is 5. The minimum absolute atomic E-state index is 0.0125. The summed E-state index contributed by atoms with van der Waals surface area (Å²) in [6, 6.07) is 10.1. The average molecular weight is 466 g/mol. The van der Waals surface area contributed by atoms with Gasteiger partial charge in [0.05, 0.1) is 11.3 Å². The Kier molecular flexibility index (Phi) is 5.43. The molecule has 0 aliphatic carbocycles. The van der Waals surface area contributed by atoms with Gasteiger partial charge >= 0.3 is 6.36 Å². The van der Waals surface area contributed by atoms with Gasteiger partial charge in [-0.15, -0.1) is 24.5 Å². The first-order valence-electron chi connectivity index (χ1n) is 8.89. The van der Waals surface area contributed by atoms with Gasteiger partial charge in [-0.2, -0.15) is 0 Å². The van der Waals surface area contributed by atoms with Gasteiger partial charge in [0, 0.05) is 22.7 Å². The van der Waals surface area contributed by atoms with E-state index in [2.05, 4.69) is 10.1 Å². The Morgan fingerprint density at radius 1 is 0.938 bits per heavy atom. The van der Waals surface area contributed by atoms with Gasteiger partial charge in [0.25, 0.3) is 11.8 Å². The quantitative estimate of drug-likeness (QED) is 0.409. The van der Waals surface area contributed by atoms with Crippen molar-refractivity contribution < 1.29 is 36.3 Å². The maximum absolute atomic E-state index is 14.3. The molecule has 0 saturated carbocycles. The van der Waals surface area contributed by atoms with Crippen LogP contribution in [0.1, 0.15) is 4.88 Å². The molecule has 2 amide bonds. The smallest absolute Gasteiger partial charge is 0.406 e. The van der Waals surface area contributed by atoms with Gasteiger partial charge in [-0.3, -0.25) is 9.59 Å². The molecule has 2 aromatic carbocycles. The molecule has 0 bridgehead atoms. The fourth-order valence-corrected chi connectivity index (χ4v) is 3.85. The lowest BCUT2D eigenvalue weighted by atomic mass is 10.2. The highest BCUT2D eigenvalue weighted by atomic mass is 32.1. The fourth-order valence-electron chi connectivity index (χ4n) is 3.09. The summed E-state index contributed by atoms with van der Waals surface area (Å²) in [6.45, 7) is 0. The number of nitrogens with one attached hydrogen (secondary N) is 1. The predicted molar refractivity (Wildman–Crippen MR) is 107 cm³/mol. The number of carbonyl (C=O) groups is 2. The number of hydrogen-bond acceptors (Lipinski definition) is 5. The number of nitrogens with zero attached hydrogens (tertiary/aromatic N) is 1. The largest absolute Gasteiger partial charge is 0.573 e. The molecule has 1 N–H and O–H groups in total. The molecular formula is C21H11F5N2O3S. The Labute approximate surface area is 181 Å². The van der Waals surface area contributed by atoms with Gasteiger partial charge in [-0.05, 0) is 35.7 Å². The molecule has 1 aliphatic heterocycles. The van der Waals surface area contributed by atoms with E-state index in [1.54, 1.807) is 17.5 Å². The van der Waals surface area contributed by atoms with E-state index in [4.69, 9.17) is 0 Å². The molecule has 4 rings (SSSR count). The third-order valence-corrected chi connectivity index (χ3v) is 5.22. The molecule has 2 heterocycles. The number of imide groups is 1. The Morgan fingerprint density at radius 2 is 1.72 bits per heavy atom. The van der Waals surface area contributed by atoms with Crippen LogP contribution in [0.15, 0.2) is 65.7 Å². The van der Waals surface area contributed by atoms with Crippen LogP contribution < -0.4 is 15.0 Å². The zero-order chi connectivity index (χ0) is 23.0. The maximum atomic E-state index is 14.3. The molecule has 0 atom stereocenters. The number of alkyl halides is 3. The minimum atomic E-state index is -4.93. The molecule has 0 spiro atoms. The van der Waals surface area contributed by atoms with Crippen LogP contribution in [0.25, 0.3) is 5.57 Å². The van der Waals surface area contributed by atoms with Crippen molar-refractivity contribution in [1.82, 2.24) is 0 Å². The molecule has 11 heteroatoms. The number of hydrogen-bond donors (Lipinski definition) is 1. The fraction of sp³-hybridized carbons (Fsp3) is 0.0476. The summed E-state index contributed by atoms with van der Waals surface area (Å²) in [7, 11) is 0. The van der Waals surface area contributed by atoms with Gasteiger partial charge in [-0.1, -0.05) is 12.1 Å². The van der Waals surface area contributed by atoms with E-state index in [1.807, 2.05) is 0 Å². The Hall–Kier alpha value is -3.73. The lowest BCUT2D eigenvalue weighted by molar-refractivity contribution is -0.274. The molecule has 1 aliphatic rings. The van der Waals surface area contributed by atoms with Crippen molar-refractivity contribution in [1.29, 1.82) is 0 Å². The second-order valence-corrected chi connectivity index (χ2v) is 7.42. The molecule has 164 valence electrons. The summed E-state index contributed by atoms with van der Waals surface area (Å²) in [5.41, 5.74) is -1.00. The highest BCUT2D eigenvalue weighted by Gasteiger charge is 2.42. The van der Waals surface area contributed by atoms with E-state index in [-0.39, 0.29) is 17.0 Å². The zero-order valence-electron chi connectivity index (χ0n) is 15.7. The van der Waals surface area contributed by atoms with E-state index < -0.39 is 41.2 Å². The van der Waals surface area contributed by atoms with Crippen LogP contribution in [-0.2, 0) is 9.59 Å². The van der Waals surface area contributed by atoms with E-state index in [0.717, 1.165) is 35.6 Å². The summed E-state index contributed by atoms with van der Waals surface area (Å²) in [6.07, 6.45) is -4.93. The topological polar surface area (TPSA) is 58.6 Å². The van der Waals surface area contributed by atoms with Gasteiger partial charge < -0.3 is 10.1 Å². The SMILES string of the molecule is O=C1C(Nc2cccc(OC(F)(F)F)c2)=C(c2cccs2)C(=O)N1c1cc(F)ccc1F. The number of rotatable bonds is 5. The highest BCUT2D eigenvalue weighted by molar-refractivity contribution is 7.11. The molecule has 32 heavy (non-hydrogen) atoms. The van der Waals surface area contributed by atoms with E-state index in [9.17, 15) is 31.5 Å². The van der Waals surface area contributed by atoms with Crippen molar-refractivity contribution >= 4 is 40.1 Å². The van der Waals surface area contributed by atoms with Crippen LogP contribution in [0.4, 0.5) is 33.3 Å². The molecular weight excluding hydrogens is 455 g/mol. The molecule has 5 nitrogen and oxygen atoms in total. The Bertz CT molecular complexity index is 1240. The maximum Gasteiger partial charge on any atom is 0.573 e. The van der Waals surface area contributed by atoms with Gasteiger partial charge in [0.15, 0.2) is 0 Å². The first-order chi connectivity index (χ1) is 15.1.